The summed E-state index contributed by atoms with van der Waals surface area (Å²) in [5.41, 5.74) is 2.59. The third-order valence-electron chi connectivity index (χ3n) is 4.47. The first kappa shape index (κ1) is 19.7. The van der Waals surface area contributed by atoms with Crippen molar-refractivity contribution in [2.75, 3.05) is 11.9 Å². The predicted molar refractivity (Wildman–Crippen MR) is 117 cm³/mol. The highest BCUT2D eigenvalue weighted by Crippen LogP contribution is 2.33. The molecular formula is C23H18N2O4S. The van der Waals surface area contributed by atoms with Gasteiger partial charge in [-0.1, -0.05) is 48.0 Å². The zero-order valence-electron chi connectivity index (χ0n) is 16.1. The third kappa shape index (κ3) is 4.36. The van der Waals surface area contributed by atoms with E-state index in [1.54, 1.807) is 24.3 Å². The normalized spacial score (nSPS) is 15.1. The highest BCUT2D eigenvalue weighted by molar-refractivity contribution is 8.18. The Bertz CT molecular complexity index is 1130. The van der Waals surface area contributed by atoms with Gasteiger partial charge in [0.15, 0.2) is 0 Å². The van der Waals surface area contributed by atoms with Crippen molar-refractivity contribution in [3.63, 3.8) is 0 Å². The number of carbonyl (C=O) groups is 3. The molecule has 0 bridgehead atoms. The number of nitrogens with one attached hydrogen (secondary N) is 1. The van der Waals surface area contributed by atoms with E-state index in [0.717, 1.165) is 27.8 Å². The molecule has 0 saturated carbocycles. The molecular weight excluding hydrogens is 400 g/mol. The lowest BCUT2D eigenvalue weighted by Crippen LogP contribution is -2.36. The summed E-state index contributed by atoms with van der Waals surface area (Å²) in [6.45, 7) is 1.60. The molecule has 0 spiro atoms. The highest BCUT2D eigenvalue weighted by Gasteiger charge is 2.36. The lowest BCUT2D eigenvalue weighted by atomic mass is 10.2. The first-order chi connectivity index (χ1) is 14.5. The van der Waals surface area contributed by atoms with E-state index in [9.17, 15) is 14.4 Å². The molecule has 30 heavy (non-hydrogen) atoms. The van der Waals surface area contributed by atoms with Crippen molar-refractivity contribution >= 4 is 40.6 Å². The van der Waals surface area contributed by atoms with Gasteiger partial charge in [0.25, 0.3) is 11.1 Å². The van der Waals surface area contributed by atoms with Crippen LogP contribution in [0.1, 0.15) is 11.3 Å². The zero-order chi connectivity index (χ0) is 21.1. The van der Waals surface area contributed by atoms with Gasteiger partial charge in [0.05, 0.1) is 4.91 Å². The quantitative estimate of drug-likeness (QED) is 0.594. The number of nitrogens with zero attached hydrogens (tertiary/aromatic N) is 1. The van der Waals surface area contributed by atoms with Gasteiger partial charge >= 0.3 is 0 Å². The Morgan fingerprint density at radius 3 is 2.50 bits per heavy atom. The van der Waals surface area contributed by atoms with Crippen LogP contribution in [0.3, 0.4) is 0 Å². The number of hydrogen-bond acceptors (Lipinski definition) is 5. The number of hydrogen-bond donors (Lipinski definition) is 1. The van der Waals surface area contributed by atoms with Gasteiger partial charge in [-0.15, -0.1) is 0 Å². The second kappa shape index (κ2) is 8.42. The molecule has 1 aromatic heterocycles. The van der Waals surface area contributed by atoms with Crippen molar-refractivity contribution in [2.24, 2.45) is 0 Å². The van der Waals surface area contributed by atoms with E-state index in [2.05, 4.69) is 5.32 Å². The second-order valence-corrected chi connectivity index (χ2v) is 7.74. The van der Waals surface area contributed by atoms with Gasteiger partial charge in [0, 0.05) is 17.3 Å². The summed E-state index contributed by atoms with van der Waals surface area (Å²) in [6, 6.07) is 20.4. The number of furan rings is 1. The molecule has 2 aromatic carbocycles. The van der Waals surface area contributed by atoms with E-state index in [0.29, 0.717) is 17.2 Å². The third-order valence-corrected chi connectivity index (χ3v) is 5.38. The van der Waals surface area contributed by atoms with E-state index in [1.807, 2.05) is 49.4 Å². The van der Waals surface area contributed by atoms with Crippen molar-refractivity contribution in [3.05, 3.63) is 83.0 Å². The van der Waals surface area contributed by atoms with Crippen LogP contribution in [0.2, 0.25) is 0 Å². The van der Waals surface area contributed by atoms with E-state index < -0.39 is 17.1 Å². The van der Waals surface area contributed by atoms with Crippen LogP contribution in [-0.4, -0.2) is 28.5 Å². The largest absolute Gasteiger partial charge is 0.457 e. The number of aryl methyl sites for hydroxylation is 1. The van der Waals surface area contributed by atoms with Gasteiger partial charge in [-0.3, -0.25) is 19.3 Å². The number of benzene rings is 2. The molecule has 6 nitrogen and oxygen atoms in total. The van der Waals surface area contributed by atoms with Crippen LogP contribution in [0.4, 0.5) is 10.5 Å². The average Bonchev–Trinajstić information content (AvgIpc) is 3.31. The number of imide groups is 1. The Morgan fingerprint density at radius 1 is 1.03 bits per heavy atom. The maximum absolute atomic E-state index is 12.6. The van der Waals surface area contributed by atoms with Crippen molar-refractivity contribution in [2.45, 2.75) is 6.92 Å². The summed E-state index contributed by atoms with van der Waals surface area (Å²) < 4.78 is 5.77. The van der Waals surface area contributed by atoms with Crippen LogP contribution in [0.5, 0.6) is 0 Å². The summed E-state index contributed by atoms with van der Waals surface area (Å²) in [7, 11) is 0. The Labute approximate surface area is 177 Å². The monoisotopic (exact) mass is 418 g/mol. The van der Waals surface area contributed by atoms with Gasteiger partial charge in [-0.05, 0) is 43.0 Å². The minimum absolute atomic E-state index is 0.220. The minimum atomic E-state index is -0.512. The fourth-order valence-corrected chi connectivity index (χ4v) is 3.75. The van der Waals surface area contributed by atoms with Crippen LogP contribution in [0.15, 0.2) is 76.1 Å². The fourth-order valence-electron chi connectivity index (χ4n) is 2.93. The molecule has 2 heterocycles. The molecule has 0 aliphatic carbocycles. The Balaban J connectivity index is 1.44. The standard InChI is InChI=1S/C23H18N2O4S/c1-15-7-9-17(10-8-15)24-21(26)14-25-22(27)20(30-23(25)28)13-18-11-12-19(29-18)16-5-3-2-4-6-16/h2-13H,14H2,1H3,(H,24,26)/b20-13-. The Morgan fingerprint density at radius 2 is 1.77 bits per heavy atom. The van der Waals surface area contributed by atoms with Crippen molar-refractivity contribution < 1.29 is 18.8 Å². The number of carbonyl (C=O) groups excluding carboxylic acids is 3. The van der Waals surface area contributed by atoms with Crippen LogP contribution in [-0.2, 0) is 9.59 Å². The molecule has 0 atom stereocenters. The maximum Gasteiger partial charge on any atom is 0.294 e. The van der Waals surface area contributed by atoms with Crippen LogP contribution in [0, 0.1) is 6.92 Å². The molecule has 7 heteroatoms. The summed E-state index contributed by atoms with van der Waals surface area (Å²) in [5, 5.41) is 2.20. The zero-order valence-corrected chi connectivity index (χ0v) is 16.9. The van der Waals surface area contributed by atoms with E-state index in [4.69, 9.17) is 4.42 Å². The lowest BCUT2D eigenvalue weighted by molar-refractivity contribution is -0.127. The molecule has 1 N–H and O–H groups in total. The lowest BCUT2D eigenvalue weighted by Gasteiger charge is -2.12. The molecule has 4 rings (SSSR count). The number of amides is 3. The fraction of sp³-hybridized carbons (Fsp3) is 0.0870. The summed E-state index contributed by atoms with van der Waals surface area (Å²) >= 11 is 0.790. The van der Waals surface area contributed by atoms with Crippen LogP contribution >= 0.6 is 11.8 Å². The van der Waals surface area contributed by atoms with Crippen molar-refractivity contribution in [1.82, 2.24) is 4.90 Å². The first-order valence-corrected chi connectivity index (χ1v) is 10.1. The van der Waals surface area contributed by atoms with Gasteiger partial charge in [-0.2, -0.15) is 0 Å². The van der Waals surface area contributed by atoms with Gasteiger partial charge in [0.1, 0.15) is 18.1 Å². The second-order valence-electron chi connectivity index (χ2n) is 6.75. The average molecular weight is 418 g/mol. The first-order valence-electron chi connectivity index (χ1n) is 9.27. The number of anilines is 1. The SMILES string of the molecule is Cc1ccc(NC(=O)CN2C(=O)S/C(=C\c3ccc(-c4ccccc4)o3)C2=O)cc1. The highest BCUT2D eigenvalue weighted by atomic mass is 32.2. The smallest absolute Gasteiger partial charge is 0.294 e. The molecule has 1 aliphatic heterocycles. The van der Waals surface area contributed by atoms with Crippen molar-refractivity contribution in [1.29, 1.82) is 0 Å². The van der Waals surface area contributed by atoms with E-state index in [-0.39, 0.29) is 11.4 Å². The van der Waals surface area contributed by atoms with Crippen LogP contribution < -0.4 is 5.32 Å². The van der Waals surface area contributed by atoms with Gasteiger partial charge < -0.3 is 9.73 Å². The number of rotatable bonds is 5. The molecule has 1 aliphatic rings. The van der Waals surface area contributed by atoms with Gasteiger partial charge in [0.2, 0.25) is 5.91 Å². The Hall–Kier alpha value is -3.58. The predicted octanol–water partition coefficient (Wildman–Crippen LogP) is 4.93. The molecule has 0 unspecified atom stereocenters. The molecule has 0 radical (unpaired) electrons. The number of thioether (sulfide) groups is 1. The van der Waals surface area contributed by atoms with Gasteiger partial charge in [-0.25, -0.2) is 0 Å². The minimum Gasteiger partial charge on any atom is -0.457 e. The van der Waals surface area contributed by atoms with Crippen molar-refractivity contribution in [3.8, 4) is 11.3 Å². The maximum atomic E-state index is 12.6. The molecule has 150 valence electrons. The summed E-state index contributed by atoms with van der Waals surface area (Å²) in [4.78, 5) is 38.3. The molecule has 3 aromatic rings. The molecule has 1 fully saturated rings. The summed E-state index contributed by atoms with van der Waals surface area (Å²) in [6.07, 6.45) is 1.52. The van der Waals surface area contributed by atoms with E-state index in [1.165, 1.54) is 6.08 Å². The molecule has 3 amide bonds. The Kier molecular flexibility index (Phi) is 5.54. The van der Waals surface area contributed by atoms with Crippen LogP contribution in [0.25, 0.3) is 17.4 Å². The summed E-state index contributed by atoms with van der Waals surface area (Å²) in [5.74, 6) is 0.176. The van der Waals surface area contributed by atoms with E-state index >= 15 is 0 Å². The molecule has 1 saturated heterocycles. The topological polar surface area (TPSA) is 79.6 Å².